The topological polar surface area (TPSA) is 53.8 Å². The van der Waals surface area contributed by atoms with Crippen LogP contribution < -0.4 is 0 Å². The molecule has 0 spiro atoms. The maximum absolute atomic E-state index is 10.5. The van der Waals surface area contributed by atoms with Gasteiger partial charge in [0.05, 0.1) is 5.69 Å². The lowest BCUT2D eigenvalue weighted by atomic mass is 10.0. The number of nitrogens with one attached hydrogen (secondary N) is 1. The van der Waals surface area contributed by atoms with E-state index < -0.39 is 6.10 Å². The summed E-state index contributed by atoms with van der Waals surface area (Å²) in [6.07, 6.45) is 4.01. The number of rotatable bonds is 4. The van der Waals surface area contributed by atoms with Crippen LogP contribution in [-0.4, -0.2) is 19.9 Å². The Morgan fingerprint density at radius 3 is 3.05 bits per heavy atom. The number of hydrogen-bond donors (Lipinski definition) is 2. The highest BCUT2D eigenvalue weighted by atomic mass is 16.3. The Bertz CT molecular complexity index is 683. The van der Waals surface area contributed by atoms with Gasteiger partial charge in [-0.25, -0.2) is 0 Å². The average molecular weight is 255 g/mol. The zero-order valence-corrected chi connectivity index (χ0v) is 10.9. The second-order valence-corrected chi connectivity index (χ2v) is 4.71. The summed E-state index contributed by atoms with van der Waals surface area (Å²) < 4.78 is 1.87. The first-order chi connectivity index (χ1) is 9.29. The summed E-state index contributed by atoms with van der Waals surface area (Å²) in [4.78, 5) is 3.15. The molecule has 0 bridgehead atoms. The molecular formula is C15H17N3O. The summed E-state index contributed by atoms with van der Waals surface area (Å²) in [5.74, 6) is 0. The molecule has 1 unspecified atom stereocenters. The van der Waals surface area contributed by atoms with Gasteiger partial charge in [-0.3, -0.25) is 4.68 Å². The molecule has 0 fully saturated rings. The number of aromatic nitrogens is 3. The Kier molecular flexibility index (Phi) is 3.09. The van der Waals surface area contributed by atoms with Gasteiger partial charge in [-0.1, -0.05) is 13.0 Å². The van der Waals surface area contributed by atoms with Crippen LogP contribution in [0.2, 0.25) is 0 Å². The van der Waals surface area contributed by atoms with E-state index >= 15 is 0 Å². The van der Waals surface area contributed by atoms with Crippen LogP contribution in [0.3, 0.4) is 0 Å². The fourth-order valence-corrected chi connectivity index (χ4v) is 2.39. The monoisotopic (exact) mass is 255 g/mol. The van der Waals surface area contributed by atoms with Crippen molar-refractivity contribution in [1.29, 1.82) is 0 Å². The van der Waals surface area contributed by atoms with E-state index in [0.717, 1.165) is 35.1 Å². The molecule has 98 valence electrons. The minimum Gasteiger partial charge on any atom is -0.382 e. The predicted molar refractivity (Wildman–Crippen MR) is 74.9 cm³/mol. The maximum atomic E-state index is 10.5. The van der Waals surface area contributed by atoms with Gasteiger partial charge in [0.1, 0.15) is 6.10 Å². The highest BCUT2D eigenvalue weighted by Gasteiger charge is 2.15. The van der Waals surface area contributed by atoms with Gasteiger partial charge < -0.3 is 10.1 Å². The molecule has 19 heavy (non-hydrogen) atoms. The highest BCUT2D eigenvalue weighted by Crippen LogP contribution is 2.25. The van der Waals surface area contributed by atoms with E-state index in [4.69, 9.17) is 0 Å². The van der Waals surface area contributed by atoms with Crippen molar-refractivity contribution < 1.29 is 5.11 Å². The van der Waals surface area contributed by atoms with Crippen molar-refractivity contribution in [1.82, 2.24) is 14.8 Å². The Morgan fingerprint density at radius 2 is 2.21 bits per heavy atom. The van der Waals surface area contributed by atoms with E-state index in [1.54, 1.807) is 6.20 Å². The van der Waals surface area contributed by atoms with Gasteiger partial charge in [0, 0.05) is 24.5 Å². The van der Waals surface area contributed by atoms with Crippen molar-refractivity contribution in [2.45, 2.75) is 26.0 Å². The van der Waals surface area contributed by atoms with E-state index in [-0.39, 0.29) is 0 Å². The van der Waals surface area contributed by atoms with Crippen LogP contribution in [0.15, 0.2) is 42.7 Å². The molecule has 2 N–H and O–H groups in total. The highest BCUT2D eigenvalue weighted by molar-refractivity contribution is 5.80. The third-order valence-corrected chi connectivity index (χ3v) is 3.36. The molecule has 0 saturated heterocycles. The van der Waals surface area contributed by atoms with Crippen molar-refractivity contribution in [2.75, 3.05) is 0 Å². The first kappa shape index (κ1) is 12.0. The number of aromatic amines is 1. The molecule has 3 aromatic rings. The zero-order valence-electron chi connectivity index (χ0n) is 10.9. The van der Waals surface area contributed by atoms with Crippen LogP contribution in [0, 0.1) is 0 Å². The van der Waals surface area contributed by atoms with Gasteiger partial charge in [0.15, 0.2) is 0 Å². The van der Waals surface area contributed by atoms with Crippen LogP contribution in [0.4, 0.5) is 0 Å². The summed E-state index contributed by atoms with van der Waals surface area (Å²) in [7, 11) is 0. The molecule has 2 heterocycles. The number of aliphatic hydroxyl groups excluding tert-OH is 1. The van der Waals surface area contributed by atoms with Crippen molar-refractivity contribution in [3.63, 3.8) is 0 Å². The quantitative estimate of drug-likeness (QED) is 0.753. The van der Waals surface area contributed by atoms with Crippen LogP contribution >= 0.6 is 0 Å². The second-order valence-electron chi connectivity index (χ2n) is 4.71. The number of hydrogen-bond acceptors (Lipinski definition) is 2. The van der Waals surface area contributed by atoms with Gasteiger partial charge in [-0.2, -0.15) is 5.10 Å². The Labute approximate surface area is 111 Å². The van der Waals surface area contributed by atoms with Crippen molar-refractivity contribution in [3.05, 3.63) is 54.0 Å². The minimum absolute atomic E-state index is 0.631. The normalized spacial score (nSPS) is 12.9. The Morgan fingerprint density at radius 1 is 1.32 bits per heavy atom. The molecule has 0 aliphatic carbocycles. The Hall–Kier alpha value is -2.07. The third-order valence-electron chi connectivity index (χ3n) is 3.36. The van der Waals surface area contributed by atoms with E-state index in [2.05, 4.69) is 17.0 Å². The largest absolute Gasteiger partial charge is 0.382 e. The molecule has 0 aliphatic heterocycles. The molecule has 1 aromatic carbocycles. The number of H-pyrrole nitrogens is 1. The fraction of sp³-hybridized carbons (Fsp3) is 0.267. The van der Waals surface area contributed by atoms with Crippen molar-refractivity contribution in [2.24, 2.45) is 0 Å². The third kappa shape index (κ3) is 2.15. The lowest BCUT2D eigenvalue weighted by Gasteiger charge is -2.13. The van der Waals surface area contributed by atoms with Crippen LogP contribution in [0.25, 0.3) is 10.9 Å². The fourth-order valence-electron chi connectivity index (χ4n) is 2.39. The number of fused-ring (bicyclic) bond motifs is 1. The van der Waals surface area contributed by atoms with Gasteiger partial charge >= 0.3 is 0 Å². The smallest absolute Gasteiger partial charge is 0.121 e. The van der Waals surface area contributed by atoms with Gasteiger partial charge in [0.25, 0.3) is 0 Å². The lowest BCUT2D eigenvalue weighted by Crippen LogP contribution is -2.10. The lowest BCUT2D eigenvalue weighted by molar-refractivity contribution is 0.207. The molecule has 4 nitrogen and oxygen atoms in total. The van der Waals surface area contributed by atoms with Crippen molar-refractivity contribution >= 4 is 10.9 Å². The number of aryl methyl sites for hydroxylation is 1. The maximum Gasteiger partial charge on any atom is 0.121 e. The molecule has 1 atom stereocenters. The summed E-state index contributed by atoms with van der Waals surface area (Å²) in [5.41, 5.74) is 2.82. The SMILES string of the molecule is CCCn1nccc1C(O)c1ccc2[nH]ccc2c1. The van der Waals surface area contributed by atoms with Crippen LogP contribution in [0.5, 0.6) is 0 Å². The average Bonchev–Trinajstić information content (AvgIpc) is 3.05. The van der Waals surface area contributed by atoms with Gasteiger partial charge in [-0.05, 0) is 41.6 Å². The van der Waals surface area contributed by atoms with Crippen LogP contribution in [0.1, 0.15) is 30.7 Å². The summed E-state index contributed by atoms with van der Waals surface area (Å²) >= 11 is 0. The predicted octanol–water partition coefficient (Wildman–Crippen LogP) is 2.86. The molecule has 0 amide bonds. The molecule has 4 heteroatoms. The molecular weight excluding hydrogens is 238 g/mol. The molecule has 0 aliphatic rings. The summed E-state index contributed by atoms with van der Waals surface area (Å²) in [5, 5.41) is 15.9. The summed E-state index contributed by atoms with van der Waals surface area (Å²) in [6, 6.07) is 9.84. The van der Waals surface area contributed by atoms with Gasteiger partial charge in [-0.15, -0.1) is 0 Å². The molecule has 3 rings (SSSR count). The van der Waals surface area contributed by atoms with Gasteiger partial charge in [0.2, 0.25) is 0 Å². The van der Waals surface area contributed by atoms with Crippen LogP contribution in [-0.2, 0) is 6.54 Å². The zero-order chi connectivity index (χ0) is 13.2. The summed E-state index contributed by atoms with van der Waals surface area (Å²) in [6.45, 7) is 2.93. The number of aliphatic hydroxyl groups is 1. The standard InChI is InChI=1S/C15H17N3O/c1-2-9-18-14(6-8-17-18)15(19)12-3-4-13-11(10-12)5-7-16-13/h3-8,10,15-16,19H,2,9H2,1H3. The number of benzene rings is 1. The number of nitrogens with zero attached hydrogens (tertiary/aromatic N) is 2. The van der Waals surface area contributed by atoms with E-state index in [1.165, 1.54) is 0 Å². The first-order valence-electron chi connectivity index (χ1n) is 6.56. The molecule has 0 radical (unpaired) electrons. The first-order valence-corrected chi connectivity index (χ1v) is 6.56. The Balaban J connectivity index is 1.97. The second kappa shape index (κ2) is 4.90. The van der Waals surface area contributed by atoms with E-state index in [9.17, 15) is 5.11 Å². The molecule has 0 saturated carbocycles. The van der Waals surface area contributed by atoms with E-state index in [1.807, 2.05) is 41.2 Å². The minimum atomic E-state index is -0.631. The molecule has 2 aromatic heterocycles. The van der Waals surface area contributed by atoms with E-state index in [0.29, 0.717) is 0 Å². The van der Waals surface area contributed by atoms with Crippen molar-refractivity contribution in [3.8, 4) is 0 Å².